The van der Waals surface area contributed by atoms with Crippen LogP contribution in [0.4, 0.5) is 0 Å². The average molecular weight is 376 g/mol. The zero-order valence-electron chi connectivity index (χ0n) is 16.1. The minimum absolute atomic E-state index is 0.212. The Morgan fingerprint density at radius 2 is 1.82 bits per heavy atom. The number of nitrogens with zero attached hydrogens (tertiary/aromatic N) is 1. The van der Waals surface area contributed by atoms with Gasteiger partial charge in [0.05, 0.1) is 11.6 Å². The molecule has 144 valence electrons. The molecule has 0 aromatic heterocycles. The van der Waals surface area contributed by atoms with Gasteiger partial charge in [-0.1, -0.05) is 49.4 Å². The van der Waals surface area contributed by atoms with E-state index < -0.39 is 12.1 Å². The molecule has 2 atom stereocenters. The minimum atomic E-state index is -0.883. The SMILES string of the molecule is CC[C@H](CNC(=O)[C@H](C)OC(=O)/C=C/c1ccc(C#N)cc1)c1ccccc1. The Bertz CT molecular complexity index is 852. The lowest BCUT2D eigenvalue weighted by Crippen LogP contribution is -2.37. The van der Waals surface area contributed by atoms with Gasteiger partial charge in [0.25, 0.3) is 5.91 Å². The van der Waals surface area contributed by atoms with Crippen LogP contribution in [0.1, 0.15) is 42.9 Å². The largest absolute Gasteiger partial charge is 0.449 e. The Balaban J connectivity index is 1.82. The molecule has 0 bridgehead atoms. The molecule has 2 aromatic rings. The first kappa shape index (κ1) is 20.9. The minimum Gasteiger partial charge on any atom is -0.449 e. The van der Waals surface area contributed by atoms with E-state index in [4.69, 9.17) is 10.00 Å². The number of carbonyl (C=O) groups is 2. The van der Waals surface area contributed by atoms with Gasteiger partial charge >= 0.3 is 5.97 Å². The topological polar surface area (TPSA) is 79.2 Å². The Hall–Kier alpha value is -3.39. The maximum Gasteiger partial charge on any atom is 0.331 e. The van der Waals surface area contributed by atoms with E-state index in [-0.39, 0.29) is 11.8 Å². The molecule has 5 heteroatoms. The lowest BCUT2D eigenvalue weighted by molar-refractivity contribution is -0.150. The van der Waals surface area contributed by atoms with Crippen molar-refractivity contribution in [2.45, 2.75) is 32.3 Å². The first-order valence-electron chi connectivity index (χ1n) is 9.25. The number of amides is 1. The number of carbonyl (C=O) groups excluding carboxylic acids is 2. The maximum atomic E-state index is 12.2. The van der Waals surface area contributed by atoms with Crippen LogP contribution in [0.3, 0.4) is 0 Å². The summed E-state index contributed by atoms with van der Waals surface area (Å²) in [5, 5.41) is 11.6. The second-order valence-electron chi connectivity index (χ2n) is 6.41. The molecule has 1 N–H and O–H groups in total. The second-order valence-corrected chi connectivity index (χ2v) is 6.41. The van der Waals surface area contributed by atoms with Gasteiger partial charge in [0.2, 0.25) is 0 Å². The van der Waals surface area contributed by atoms with Crippen LogP contribution < -0.4 is 5.32 Å². The fourth-order valence-corrected chi connectivity index (χ4v) is 2.69. The van der Waals surface area contributed by atoms with Crippen molar-refractivity contribution in [3.8, 4) is 6.07 Å². The van der Waals surface area contributed by atoms with Gasteiger partial charge in [-0.25, -0.2) is 4.79 Å². The van der Waals surface area contributed by atoms with Crippen molar-refractivity contribution in [2.24, 2.45) is 0 Å². The molecule has 28 heavy (non-hydrogen) atoms. The quantitative estimate of drug-likeness (QED) is 0.561. The monoisotopic (exact) mass is 376 g/mol. The highest BCUT2D eigenvalue weighted by atomic mass is 16.5. The van der Waals surface area contributed by atoms with E-state index in [0.717, 1.165) is 12.0 Å². The zero-order chi connectivity index (χ0) is 20.4. The predicted molar refractivity (Wildman–Crippen MR) is 108 cm³/mol. The lowest BCUT2D eigenvalue weighted by atomic mass is 9.96. The van der Waals surface area contributed by atoms with E-state index in [1.807, 2.05) is 36.4 Å². The highest BCUT2D eigenvalue weighted by Gasteiger charge is 2.18. The van der Waals surface area contributed by atoms with Crippen LogP contribution >= 0.6 is 0 Å². The van der Waals surface area contributed by atoms with Crippen LogP contribution in [0.2, 0.25) is 0 Å². The summed E-state index contributed by atoms with van der Waals surface area (Å²) in [5.41, 5.74) is 2.48. The summed E-state index contributed by atoms with van der Waals surface area (Å²) in [7, 11) is 0. The Morgan fingerprint density at radius 3 is 2.43 bits per heavy atom. The van der Waals surface area contributed by atoms with Crippen molar-refractivity contribution in [1.82, 2.24) is 5.32 Å². The van der Waals surface area contributed by atoms with Crippen LogP contribution in [0, 0.1) is 11.3 Å². The van der Waals surface area contributed by atoms with Crippen LogP contribution in [0.15, 0.2) is 60.7 Å². The molecular weight excluding hydrogens is 352 g/mol. The molecule has 0 radical (unpaired) electrons. The molecule has 0 aliphatic heterocycles. The fraction of sp³-hybridized carbons (Fsp3) is 0.261. The summed E-state index contributed by atoms with van der Waals surface area (Å²) < 4.78 is 5.16. The van der Waals surface area contributed by atoms with E-state index in [1.54, 1.807) is 37.3 Å². The number of hydrogen-bond donors (Lipinski definition) is 1. The summed E-state index contributed by atoms with van der Waals surface area (Å²) >= 11 is 0. The number of rotatable bonds is 8. The molecule has 0 spiro atoms. The lowest BCUT2D eigenvalue weighted by Gasteiger charge is -2.18. The van der Waals surface area contributed by atoms with Crippen LogP contribution in [0.5, 0.6) is 0 Å². The second kappa shape index (κ2) is 10.7. The van der Waals surface area contributed by atoms with E-state index in [0.29, 0.717) is 12.1 Å². The van der Waals surface area contributed by atoms with E-state index >= 15 is 0 Å². The van der Waals surface area contributed by atoms with Crippen LogP contribution in [-0.4, -0.2) is 24.5 Å². The van der Waals surface area contributed by atoms with Crippen LogP contribution in [-0.2, 0) is 14.3 Å². The van der Waals surface area contributed by atoms with Gasteiger partial charge in [-0.15, -0.1) is 0 Å². The molecular formula is C23H24N2O3. The van der Waals surface area contributed by atoms with E-state index in [2.05, 4.69) is 12.2 Å². The number of esters is 1. The third-order valence-corrected chi connectivity index (χ3v) is 4.40. The molecule has 0 saturated carbocycles. The van der Waals surface area contributed by atoms with Gasteiger partial charge in [0, 0.05) is 18.5 Å². The first-order valence-corrected chi connectivity index (χ1v) is 9.25. The standard InChI is InChI=1S/C23H24N2O3/c1-3-20(21-7-5-4-6-8-21)16-25-23(27)17(2)28-22(26)14-13-18-9-11-19(15-24)12-10-18/h4-14,17,20H,3,16H2,1-2H3,(H,25,27)/b14-13+/t17-,20+/m0/s1. The van der Waals surface area contributed by atoms with Crippen molar-refractivity contribution in [1.29, 1.82) is 5.26 Å². The number of nitriles is 1. The molecule has 0 unspecified atom stereocenters. The fourth-order valence-electron chi connectivity index (χ4n) is 2.69. The Morgan fingerprint density at radius 1 is 1.14 bits per heavy atom. The molecule has 5 nitrogen and oxygen atoms in total. The van der Waals surface area contributed by atoms with Crippen molar-refractivity contribution in [2.75, 3.05) is 6.54 Å². The third-order valence-electron chi connectivity index (χ3n) is 4.40. The predicted octanol–water partition coefficient (Wildman–Crippen LogP) is 3.81. The molecule has 0 aliphatic carbocycles. The third kappa shape index (κ3) is 6.40. The molecule has 0 fully saturated rings. The highest BCUT2D eigenvalue weighted by Crippen LogP contribution is 2.18. The van der Waals surface area contributed by atoms with Gasteiger partial charge in [-0.05, 0) is 42.7 Å². The summed E-state index contributed by atoms with van der Waals surface area (Å²) in [6.07, 6.45) is 2.86. The van der Waals surface area contributed by atoms with Gasteiger partial charge in [0.15, 0.2) is 6.10 Å². The molecule has 1 amide bonds. The van der Waals surface area contributed by atoms with Gasteiger partial charge in [0.1, 0.15) is 0 Å². The van der Waals surface area contributed by atoms with Gasteiger partial charge in [-0.3, -0.25) is 4.79 Å². The van der Waals surface area contributed by atoms with E-state index in [1.165, 1.54) is 11.6 Å². The zero-order valence-corrected chi connectivity index (χ0v) is 16.1. The average Bonchev–Trinajstić information content (AvgIpc) is 2.73. The number of nitrogens with one attached hydrogen (secondary N) is 1. The number of hydrogen-bond acceptors (Lipinski definition) is 4. The highest BCUT2D eigenvalue weighted by molar-refractivity contribution is 5.90. The Labute approximate surface area is 165 Å². The number of ether oxygens (including phenoxy) is 1. The summed E-state index contributed by atoms with van der Waals surface area (Å²) in [5.74, 6) is -0.707. The van der Waals surface area contributed by atoms with E-state index in [9.17, 15) is 9.59 Å². The van der Waals surface area contributed by atoms with Crippen molar-refractivity contribution < 1.29 is 14.3 Å². The van der Waals surface area contributed by atoms with Crippen molar-refractivity contribution >= 4 is 18.0 Å². The smallest absolute Gasteiger partial charge is 0.331 e. The van der Waals surface area contributed by atoms with Crippen molar-refractivity contribution in [3.63, 3.8) is 0 Å². The number of benzene rings is 2. The van der Waals surface area contributed by atoms with Crippen molar-refractivity contribution in [3.05, 3.63) is 77.4 Å². The first-order chi connectivity index (χ1) is 13.5. The molecule has 2 aromatic carbocycles. The molecule has 0 aliphatic rings. The maximum absolute atomic E-state index is 12.2. The summed E-state index contributed by atoms with van der Waals surface area (Å²) in [4.78, 5) is 24.2. The Kier molecular flexibility index (Phi) is 7.98. The molecule has 0 heterocycles. The van der Waals surface area contributed by atoms with Crippen LogP contribution in [0.25, 0.3) is 6.08 Å². The molecule has 0 saturated heterocycles. The van der Waals surface area contributed by atoms with Gasteiger partial charge < -0.3 is 10.1 Å². The normalized spacial score (nSPS) is 12.8. The summed E-state index contributed by atoms with van der Waals surface area (Å²) in [6, 6.07) is 18.8. The van der Waals surface area contributed by atoms with Gasteiger partial charge in [-0.2, -0.15) is 5.26 Å². The summed E-state index contributed by atoms with van der Waals surface area (Å²) in [6.45, 7) is 4.11. The molecule has 2 rings (SSSR count).